The Hall–Kier alpha value is -3.90. The van der Waals surface area contributed by atoms with Gasteiger partial charge in [-0.05, 0) is 24.0 Å². The van der Waals surface area contributed by atoms with Gasteiger partial charge in [-0.2, -0.15) is 8.75 Å². The molecule has 12 heteroatoms. The van der Waals surface area contributed by atoms with Crippen molar-refractivity contribution >= 4 is 45.1 Å². The Bertz CT molecular complexity index is 1230. The molecule has 2 amide bonds. The summed E-state index contributed by atoms with van der Waals surface area (Å²) in [5.74, 6) is 0.492. The van der Waals surface area contributed by atoms with Crippen LogP contribution in [0.3, 0.4) is 0 Å². The summed E-state index contributed by atoms with van der Waals surface area (Å²) < 4.78 is 8.05. The fraction of sp³-hybridized carbons (Fsp3) is 0.400. The molecule has 6 rings (SSSR count). The van der Waals surface area contributed by atoms with E-state index in [1.54, 1.807) is 12.7 Å². The van der Waals surface area contributed by atoms with E-state index >= 15 is 0 Å². The summed E-state index contributed by atoms with van der Waals surface area (Å²) >= 11 is 2.82. The Morgan fingerprint density at radius 2 is 0.952 bits per heavy atom. The van der Waals surface area contributed by atoms with Crippen molar-refractivity contribution in [2.45, 2.75) is 25.7 Å². The third-order valence-corrected chi connectivity index (χ3v) is 8.90. The standard InChI is InChI=1S/2C15H18N4OS/c2*20-14(7-6-13-4-2-1-3-5-13)18-8-10-19(11-9-18)15-16-12-17-21-15/h2*1-5,12H,6-11H2. The molecule has 2 aromatic carbocycles. The number of anilines is 2. The van der Waals surface area contributed by atoms with Crippen LogP contribution in [0.1, 0.15) is 24.0 Å². The average molecular weight is 605 g/mol. The Morgan fingerprint density at radius 1 is 0.571 bits per heavy atom. The van der Waals surface area contributed by atoms with E-state index in [0.717, 1.165) is 75.5 Å². The topological polar surface area (TPSA) is 98.7 Å². The van der Waals surface area contributed by atoms with Crippen LogP contribution in [0.2, 0.25) is 0 Å². The maximum atomic E-state index is 12.2. The minimum absolute atomic E-state index is 0.246. The second kappa shape index (κ2) is 15.4. The summed E-state index contributed by atoms with van der Waals surface area (Å²) in [6, 6.07) is 20.3. The Kier molecular flexibility index (Phi) is 10.8. The molecule has 2 aromatic heterocycles. The van der Waals surface area contributed by atoms with Crippen molar-refractivity contribution in [2.75, 3.05) is 62.2 Å². The van der Waals surface area contributed by atoms with Gasteiger partial charge in [-0.25, -0.2) is 9.97 Å². The molecule has 10 nitrogen and oxygen atoms in total. The van der Waals surface area contributed by atoms with E-state index in [9.17, 15) is 9.59 Å². The van der Waals surface area contributed by atoms with Crippen molar-refractivity contribution < 1.29 is 9.59 Å². The van der Waals surface area contributed by atoms with Crippen molar-refractivity contribution in [1.29, 1.82) is 0 Å². The molecule has 0 atom stereocenters. The van der Waals surface area contributed by atoms with E-state index in [2.05, 4.69) is 52.8 Å². The van der Waals surface area contributed by atoms with Crippen molar-refractivity contribution in [3.8, 4) is 0 Å². The first kappa shape index (κ1) is 29.6. The third kappa shape index (κ3) is 8.56. The first-order valence-corrected chi connectivity index (χ1v) is 15.9. The van der Waals surface area contributed by atoms with Crippen molar-refractivity contribution in [3.63, 3.8) is 0 Å². The highest BCUT2D eigenvalue weighted by atomic mass is 32.1. The zero-order chi connectivity index (χ0) is 29.0. The molecule has 2 aliphatic heterocycles. The molecule has 220 valence electrons. The Labute approximate surface area is 255 Å². The molecular weight excluding hydrogens is 569 g/mol. The van der Waals surface area contributed by atoms with Gasteiger partial charge in [0, 0.05) is 88.3 Å². The number of piperazine rings is 2. The Morgan fingerprint density at radius 3 is 1.29 bits per heavy atom. The maximum absolute atomic E-state index is 12.2. The van der Waals surface area contributed by atoms with Gasteiger partial charge in [0.1, 0.15) is 12.7 Å². The molecule has 0 bridgehead atoms. The van der Waals surface area contributed by atoms with Crippen LogP contribution in [0.25, 0.3) is 0 Å². The van der Waals surface area contributed by atoms with E-state index in [-0.39, 0.29) is 11.8 Å². The molecule has 2 saturated heterocycles. The maximum Gasteiger partial charge on any atom is 0.223 e. The minimum Gasteiger partial charge on any atom is -0.343 e. The quantitative estimate of drug-likeness (QED) is 0.301. The number of hydrogen-bond acceptors (Lipinski definition) is 10. The first-order chi connectivity index (χ1) is 20.7. The number of carbonyl (C=O) groups is 2. The van der Waals surface area contributed by atoms with Gasteiger partial charge in [0.15, 0.2) is 0 Å². The molecular formula is C30H36N8O2S2. The predicted molar refractivity (Wildman–Crippen MR) is 167 cm³/mol. The molecule has 0 saturated carbocycles. The smallest absolute Gasteiger partial charge is 0.223 e. The van der Waals surface area contributed by atoms with Gasteiger partial charge in [-0.1, -0.05) is 60.7 Å². The van der Waals surface area contributed by atoms with Gasteiger partial charge in [0.25, 0.3) is 0 Å². The lowest BCUT2D eigenvalue weighted by atomic mass is 10.1. The van der Waals surface area contributed by atoms with Crippen LogP contribution in [0.5, 0.6) is 0 Å². The summed E-state index contributed by atoms with van der Waals surface area (Å²) in [4.78, 5) is 41.2. The summed E-state index contributed by atoms with van der Waals surface area (Å²) in [7, 11) is 0. The first-order valence-electron chi connectivity index (χ1n) is 14.3. The molecule has 0 unspecified atom stereocenters. The highest BCUT2D eigenvalue weighted by Crippen LogP contribution is 2.18. The van der Waals surface area contributed by atoms with Gasteiger partial charge < -0.3 is 19.6 Å². The molecule has 2 aliphatic rings. The second-order valence-corrected chi connectivity index (χ2v) is 11.7. The van der Waals surface area contributed by atoms with Crippen LogP contribution in [0.4, 0.5) is 10.3 Å². The van der Waals surface area contributed by atoms with Crippen LogP contribution in [-0.2, 0) is 22.4 Å². The number of aryl methyl sites for hydroxylation is 2. The number of rotatable bonds is 8. The summed E-state index contributed by atoms with van der Waals surface area (Å²) in [6.07, 6.45) is 5.97. The van der Waals surface area contributed by atoms with Gasteiger partial charge in [0.2, 0.25) is 22.1 Å². The van der Waals surface area contributed by atoms with E-state index in [1.807, 2.05) is 46.2 Å². The van der Waals surface area contributed by atoms with E-state index in [4.69, 9.17) is 0 Å². The minimum atomic E-state index is 0.246. The number of benzene rings is 2. The summed E-state index contributed by atoms with van der Waals surface area (Å²) in [5, 5.41) is 1.90. The lowest BCUT2D eigenvalue weighted by Gasteiger charge is -2.34. The molecule has 2 fully saturated rings. The van der Waals surface area contributed by atoms with Crippen LogP contribution in [0.15, 0.2) is 73.3 Å². The van der Waals surface area contributed by atoms with Crippen molar-refractivity contribution in [1.82, 2.24) is 28.5 Å². The normalized spacial score (nSPS) is 15.2. The van der Waals surface area contributed by atoms with E-state index in [0.29, 0.717) is 12.8 Å². The fourth-order valence-electron chi connectivity index (χ4n) is 5.02. The zero-order valence-electron chi connectivity index (χ0n) is 23.6. The predicted octanol–water partition coefficient (Wildman–Crippen LogP) is 3.64. The molecule has 0 N–H and O–H groups in total. The van der Waals surface area contributed by atoms with Crippen molar-refractivity contribution in [2.24, 2.45) is 0 Å². The molecule has 4 heterocycles. The van der Waals surface area contributed by atoms with Crippen LogP contribution < -0.4 is 9.80 Å². The zero-order valence-corrected chi connectivity index (χ0v) is 25.3. The van der Waals surface area contributed by atoms with Crippen LogP contribution in [0, 0.1) is 0 Å². The van der Waals surface area contributed by atoms with Crippen LogP contribution >= 0.6 is 23.1 Å². The average Bonchev–Trinajstić information content (AvgIpc) is 3.80. The van der Waals surface area contributed by atoms with Gasteiger partial charge in [-0.3, -0.25) is 9.59 Å². The number of amides is 2. The lowest BCUT2D eigenvalue weighted by molar-refractivity contribution is -0.132. The molecule has 4 aromatic rings. The highest BCUT2D eigenvalue weighted by Gasteiger charge is 2.23. The lowest BCUT2D eigenvalue weighted by Crippen LogP contribution is -2.48. The highest BCUT2D eigenvalue weighted by molar-refractivity contribution is 7.09. The Balaban J connectivity index is 0.000000168. The van der Waals surface area contributed by atoms with Crippen LogP contribution in [-0.4, -0.2) is 92.7 Å². The SMILES string of the molecule is O=C(CCc1ccccc1)N1CCN(c2ncns2)CC1.O=C(CCc1ccccc1)N1CCN(c2ncns2)CC1. The number of aromatic nitrogens is 4. The van der Waals surface area contributed by atoms with Gasteiger partial charge >= 0.3 is 0 Å². The van der Waals surface area contributed by atoms with Gasteiger partial charge in [0.05, 0.1) is 0 Å². The number of carbonyl (C=O) groups excluding carboxylic acids is 2. The second-order valence-electron chi connectivity index (χ2n) is 10.2. The monoisotopic (exact) mass is 604 g/mol. The molecule has 0 spiro atoms. The van der Waals surface area contributed by atoms with E-state index < -0.39 is 0 Å². The number of hydrogen-bond donors (Lipinski definition) is 0. The number of nitrogens with zero attached hydrogens (tertiary/aromatic N) is 8. The largest absolute Gasteiger partial charge is 0.343 e. The molecule has 0 aliphatic carbocycles. The van der Waals surface area contributed by atoms with Gasteiger partial charge in [-0.15, -0.1) is 0 Å². The fourth-order valence-corrected chi connectivity index (χ4v) is 6.18. The summed E-state index contributed by atoms with van der Waals surface area (Å²) in [5.41, 5.74) is 2.44. The van der Waals surface area contributed by atoms with Crippen molar-refractivity contribution in [3.05, 3.63) is 84.4 Å². The molecule has 42 heavy (non-hydrogen) atoms. The van der Waals surface area contributed by atoms with E-state index in [1.165, 1.54) is 34.2 Å². The molecule has 0 radical (unpaired) electrons. The third-order valence-electron chi connectivity index (χ3n) is 7.45. The summed E-state index contributed by atoms with van der Waals surface area (Å²) in [6.45, 7) is 6.44.